The van der Waals surface area contributed by atoms with Crippen molar-refractivity contribution in [2.45, 2.75) is 12.3 Å². The lowest BCUT2D eigenvalue weighted by Gasteiger charge is -2.38. The maximum atomic E-state index is 12.1. The quantitative estimate of drug-likeness (QED) is 0.783. The van der Waals surface area contributed by atoms with E-state index >= 15 is 0 Å². The first-order valence-electron chi connectivity index (χ1n) is 6.84. The lowest BCUT2D eigenvalue weighted by molar-refractivity contribution is -0.133. The van der Waals surface area contributed by atoms with Gasteiger partial charge in [0.1, 0.15) is 0 Å². The van der Waals surface area contributed by atoms with Crippen molar-refractivity contribution < 1.29 is 4.79 Å². The molecule has 1 aromatic carbocycles. The third kappa shape index (κ3) is 2.02. The zero-order chi connectivity index (χ0) is 14.1. The van der Waals surface area contributed by atoms with Crippen LogP contribution in [0.2, 0.25) is 0 Å². The molecule has 2 atom stereocenters. The summed E-state index contributed by atoms with van der Waals surface area (Å²) in [6.45, 7) is 5.33. The number of rotatable bonds is 3. The van der Waals surface area contributed by atoms with E-state index < -0.39 is 0 Å². The molecule has 3 rings (SSSR count). The number of carbonyl (C=O) groups is 1. The minimum absolute atomic E-state index is 0.0179. The Morgan fingerprint density at radius 1 is 1.35 bits per heavy atom. The molecule has 0 aromatic heterocycles. The molecule has 1 amide bonds. The number of amides is 1. The van der Waals surface area contributed by atoms with E-state index in [4.69, 9.17) is 0 Å². The molecule has 0 spiro atoms. The minimum atomic E-state index is -0.0179. The van der Waals surface area contributed by atoms with Crippen LogP contribution in [0.1, 0.15) is 11.6 Å². The predicted octanol–water partition coefficient (Wildman–Crippen LogP) is 1.80. The number of hydrogen-bond acceptors (Lipinski definition) is 3. The third-order valence-electron chi connectivity index (χ3n) is 3.97. The van der Waals surface area contributed by atoms with E-state index in [0.29, 0.717) is 0 Å². The summed E-state index contributed by atoms with van der Waals surface area (Å²) in [7, 11) is 2.00. The van der Waals surface area contributed by atoms with E-state index in [2.05, 4.69) is 28.5 Å². The summed E-state index contributed by atoms with van der Waals surface area (Å²) in [5.41, 5.74) is 1.24. The first-order chi connectivity index (χ1) is 9.72. The molecule has 2 heterocycles. The van der Waals surface area contributed by atoms with Crippen LogP contribution in [0.25, 0.3) is 0 Å². The van der Waals surface area contributed by atoms with Crippen molar-refractivity contribution in [1.82, 2.24) is 14.7 Å². The number of hydrogen-bond donors (Lipinski definition) is 0. The second kappa shape index (κ2) is 5.13. The summed E-state index contributed by atoms with van der Waals surface area (Å²) >= 11 is 0. The van der Waals surface area contributed by atoms with Gasteiger partial charge >= 0.3 is 0 Å². The van der Waals surface area contributed by atoms with Gasteiger partial charge in [-0.05, 0) is 5.56 Å². The molecule has 1 aromatic rings. The Kier molecular flexibility index (Phi) is 3.32. The lowest BCUT2D eigenvalue weighted by Crippen LogP contribution is -2.52. The van der Waals surface area contributed by atoms with Crippen molar-refractivity contribution >= 4 is 5.91 Å². The van der Waals surface area contributed by atoms with Crippen LogP contribution in [0, 0.1) is 0 Å². The molecule has 104 valence electrons. The molecule has 4 heteroatoms. The van der Waals surface area contributed by atoms with Crippen LogP contribution >= 0.6 is 0 Å². The summed E-state index contributed by atoms with van der Waals surface area (Å²) in [5.74, 6) is 0.0839. The van der Waals surface area contributed by atoms with Crippen molar-refractivity contribution in [3.8, 4) is 0 Å². The molecule has 0 bridgehead atoms. The Labute approximate surface area is 119 Å². The van der Waals surface area contributed by atoms with Crippen LogP contribution in [0.5, 0.6) is 0 Å². The van der Waals surface area contributed by atoms with Crippen LogP contribution in [-0.4, -0.2) is 47.0 Å². The first-order valence-corrected chi connectivity index (χ1v) is 6.84. The monoisotopic (exact) mass is 269 g/mol. The van der Waals surface area contributed by atoms with Crippen molar-refractivity contribution in [2.75, 3.05) is 20.1 Å². The molecule has 2 unspecified atom stereocenters. The van der Waals surface area contributed by atoms with E-state index in [-0.39, 0.29) is 18.2 Å². The Hall–Kier alpha value is -2.07. The van der Waals surface area contributed by atoms with Crippen molar-refractivity contribution in [3.05, 3.63) is 60.8 Å². The van der Waals surface area contributed by atoms with Gasteiger partial charge in [-0.25, -0.2) is 0 Å². The summed E-state index contributed by atoms with van der Waals surface area (Å²) in [4.78, 5) is 18.4. The van der Waals surface area contributed by atoms with Gasteiger partial charge in [-0.1, -0.05) is 36.4 Å². The molecule has 0 radical (unpaired) electrons. The van der Waals surface area contributed by atoms with E-state index in [1.165, 1.54) is 5.56 Å². The van der Waals surface area contributed by atoms with Crippen LogP contribution < -0.4 is 0 Å². The smallest absolute Gasteiger partial charge is 0.250 e. The molecule has 20 heavy (non-hydrogen) atoms. The van der Waals surface area contributed by atoms with E-state index in [9.17, 15) is 4.79 Å². The van der Waals surface area contributed by atoms with Gasteiger partial charge in [0, 0.05) is 32.4 Å². The Balaban J connectivity index is 1.97. The molecule has 0 saturated carbocycles. The summed E-state index contributed by atoms with van der Waals surface area (Å²) in [5, 5.41) is 0. The molecular formula is C16H19N3O. The molecule has 2 aliphatic rings. The fourth-order valence-electron chi connectivity index (χ4n) is 3.08. The predicted molar refractivity (Wildman–Crippen MR) is 78.5 cm³/mol. The number of benzene rings is 1. The zero-order valence-electron chi connectivity index (χ0n) is 11.6. The highest BCUT2D eigenvalue weighted by Crippen LogP contribution is 2.35. The van der Waals surface area contributed by atoms with Crippen LogP contribution in [0.4, 0.5) is 0 Å². The molecule has 1 saturated heterocycles. The lowest BCUT2D eigenvalue weighted by atomic mass is 10.1. The first kappa shape index (κ1) is 12.9. The Morgan fingerprint density at radius 3 is 2.80 bits per heavy atom. The molecule has 2 aliphatic heterocycles. The van der Waals surface area contributed by atoms with E-state index in [0.717, 1.165) is 13.1 Å². The van der Waals surface area contributed by atoms with E-state index in [1.54, 1.807) is 6.08 Å². The minimum Gasteiger partial charge on any atom is -0.348 e. The Bertz CT molecular complexity index is 540. The van der Waals surface area contributed by atoms with Crippen molar-refractivity contribution in [1.29, 1.82) is 0 Å². The average molecular weight is 269 g/mol. The van der Waals surface area contributed by atoms with Gasteiger partial charge in [0.05, 0.1) is 6.04 Å². The summed E-state index contributed by atoms with van der Waals surface area (Å²) in [6.07, 6.45) is 5.37. The normalized spacial score (nSPS) is 25.9. The van der Waals surface area contributed by atoms with Gasteiger partial charge in [-0.2, -0.15) is 0 Å². The van der Waals surface area contributed by atoms with Crippen LogP contribution in [-0.2, 0) is 4.79 Å². The van der Waals surface area contributed by atoms with Crippen molar-refractivity contribution in [2.24, 2.45) is 0 Å². The topological polar surface area (TPSA) is 26.8 Å². The second-order valence-corrected chi connectivity index (χ2v) is 5.23. The second-order valence-electron chi connectivity index (χ2n) is 5.23. The molecular weight excluding hydrogens is 250 g/mol. The van der Waals surface area contributed by atoms with Gasteiger partial charge in [-0.15, -0.1) is 6.58 Å². The SMILES string of the molecule is C=CCN1C(c2ccccc2)CN2C(=O)C=CN(C)C21. The van der Waals surface area contributed by atoms with E-state index in [1.807, 2.05) is 42.4 Å². The van der Waals surface area contributed by atoms with Crippen LogP contribution in [0.3, 0.4) is 0 Å². The average Bonchev–Trinajstić information content (AvgIpc) is 2.85. The van der Waals surface area contributed by atoms with Gasteiger partial charge in [-0.3, -0.25) is 9.69 Å². The highest BCUT2D eigenvalue weighted by molar-refractivity contribution is 5.88. The number of nitrogens with zero attached hydrogens (tertiary/aromatic N) is 3. The fraction of sp³-hybridized carbons (Fsp3) is 0.312. The maximum absolute atomic E-state index is 12.1. The van der Waals surface area contributed by atoms with Gasteiger partial charge in [0.2, 0.25) is 0 Å². The summed E-state index contributed by atoms with van der Waals surface area (Å²) in [6, 6.07) is 10.6. The number of carbonyl (C=O) groups excluding carboxylic acids is 1. The highest BCUT2D eigenvalue weighted by atomic mass is 16.2. The van der Waals surface area contributed by atoms with Gasteiger partial charge in [0.25, 0.3) is 5.91 Å². The molecule has 0 aliphatic carbocycles. The Morgan fingerprint density at radius 2 is 2.10 bits per heavy atom. The summed E-state index contributed by atoms with van der Waals surface area (Å²) < 4.78 is 0. The zero-order valence-corrected chi connectivity index (χ0v) is 11.6. The number of fused-ring (bicyclic) bond motifs is 1. The molecule has 1 fully saturated rings. The molecule has 4 nitrogen and oxygen atoms in total. The molecule has 0 N–H and O–H groups in total. The van der Waals surface area contributed by atoms with Gasteiger partial charge < -0.3 is 9.80 Å². The fourth-order valence-corrected chi connectivity index (χ4v) is 3.08. The van der Waals surface area contributed by atoms with Crippen molar-refractivity contribution in [3.63, 3.8) is 0 Å². The third-order valence-corrected chi connectivity index (χ3v) is 3.97. The maximum Gasteiger partial charge on any atom is 0.250 e. The highest BCUT2D eigenvalue weighted by Gasteiger charge is 2.44. The standard InChI is InChI=1S/C16H19N3O/c1-3-10-18-14(13-7-5-4-6-8-13)12-19-15(20)9-11-17(2)16(18)19/h3-9,11,14,16H,1,10,12H2,2H3. The van der Waals surface area contributed by atoms with Crippen LogP contribution in [0.15, 0.2) is 55.3 Å². The van der Waals surface area contributed by atoms with Gasteiger partial charge in [0.15, 0.2) is 6.29 Å². The largest absolute Gasteiger partial charge is 0.348 e.